The van der Waals surface area contributed by atoms with Gasteiger partial charge < -0.3 is 15.0 Å². The van der Waals surface area contributed by atoms with Crippen LogP contribution in [0.5, 0.6) is 0 Å². The third-order valence-corrected chi connectivity index (χ3v) is 3.70. The number of ether oxygens (including phenoxy) is 1. The Morgan fingerprint density at radius 2 is 1.88 bits per heavy atom. The number of amides is 2. The summed E-state index contributed by atoms with van der Waals surface area (Å²) in [5, 5.41) is 2.67. The van der Waals surface area contributed by atoms with E-state index in [2.05, 4.69) is 5.32 Å². The zero-order valence-corrected chi connectivity index (χ0v) is 14.9. The van der Waals surface area contributed by atoms with Gasteiger partial charge in [0.05, 0.1) is 19.4 Å². The molecule has 6 nitrogen and oxygen atoms in total. The molecule has 0 bridgehead atoms. The van der Waals surface area contributed by atoms with Gasteiger partial charge in [0.25, 0.3) is 0 Å². The van der Waals surface area contributed by atoms with Crippen molar-refractivity contribution in [2.24, 2.45) is 5.92 Å². The number of hydrogen-bond donors (Lipinski definition) is 1. The van der Waals surface area contributed by atoms with Gasteiger partial charge in [0.2, 0.25) is 11.8 Å². The molecular weight excluding hydrogens is 327 g/mol. The molecule has 0 aliphatic rings. The van der Waals surface area contributed by atoms with E-state index in [0.717, 1.165) is 0 Å². The number of carbonyl (C=O) groups is 3. The molecule has 1 aromatic carbocycles. The molecule has 1 atom stereocenters. The fraction of sp³-hybridized carbons (Fsp3) is 0.500. The van der Waals surface area contributed by atoms with E-state index in [9.17, 15) is 18.8 Å². The van der Waals surface area contributed by atoms with Crippen LogP contribution in [0, 0.1) is 11.7 Å². The molecule has 0 fully saturated rings. The summed E-state index contributed by atoms with van der Waals surface area (Å²) in [5.41, 5.74) is 0.698. The molecule has 138 valence electrons. The Kier molecular flexibility index (Phi) is 8.60. The molecule has 1 rings (SSSR count). The molecule has 1 N–H and O–H groups in total. The lowest BCUT2D eigenvalue weighted by Gasteiger charge is -2.25. The number of hydrogen-bond acceptors (Lipinski definition) is 4. The SMILES string of the molecule is COC(=O)C(C)CN(CCCNC(C)=O)C(=O)Cc1ccc(F)cc1. The van der Waals surface area contributed by atoms with Gasteiger partial charge in [-0.25, -0.2) is 4.39 Å². The quantitative estimate of drug-likeness (QED) is 0.540. The molecule has 1 aromatic rings. The van der Waals surface area contributed by atoms with E-state index >= 15 is 0 Å². The molecule has 0 heterocycles. The van der Waals surface area contributed by atoms with Crippen molar-refractivity contribution < 1.29 is 23.5 Å². The van der Waals surface area contributed by atoms with Gasteiger partial charge in [-0.15, -0.1) is 0 Å². The molecule has 0 aliphatic heterocycles. The van der Waals surface area contributed by atoms with Crippen LogP contribution in [0.1, 0.15) is 25.8 Å². The van der Waals surface area contributed by atoms with E-state index in [4.69, 9.17) is 4.74 Å². The first kappa shape index (κ1) is 20.6. The van der Waals surface area contributed by atoms with E-state index < -0.39 is 5.92 Å². The Bertz CT molecular complexity index is 589. The summed E-state index contributed by atoms with van der Waals surface area (Å²) >= 11 is 0. The summed E-state index contributed by atoms with van der Waals surface area (Å²) in [6, 6.07) is 5.74. The first-order valence-electron chi connectivity index (χ1n) is 8.18. The van der Waals surface area contributed by atoms with Crippen LogP contribution >= 0.6 is 0 Å². The molecule has 0 aliphatic carbocycles. The van der Waals surface area contributed by atoms with Crippen molar-refractivity contribution in [1.29, 1.82) is 0 Å². The number of esters is 1. The van der Waals surface area contributed by atoms with E-state index in [1.54, 1.807) is 24.0 Å². The largest absolute Gasteiger partial charge is 0.469 e. The highest BCUT2D eigenvalue weighted by molar-refractivity contribution is 5.80. The van der Waals surface area contributed by atoms with Crippen molar-refractivity contribution in [3.63, 3.8) is 0 Å². The Morgan fingerprint density at radius 3 is 2.44 bits per heavy atom. The van der Waals surface area contributed by atoms with Crippen LogP contribution in [-0.4, -0.2) is 49.4 Å². The van der Waals surface area contributed by atoms with E-state index in [1.165, 1.54) is 26.2 Å². The molecule has 2 amide bonds. The van der Waals surface area contributed by atoms with Crippen LogP contribution in [0.15, 0.2) is 24.3 Å². The Morgan fingerprint density at radius 1 is 1.24 bits per heavy atom. The Balaban J connectivity index is 2.69. The summed E-state index contributed by atoms with van der Waals surface area (Å²) < 4.78 is 17.7. The standard InChI is InChI=1S/C18H25FN2O4/c1-13(18(24)25-3)12-21(10-4-9-20-14(2)22)17(23)11-15-5-7-16(19)8-6-15/h5-8,13H,4,9-12H2,1-3H3,(H,20,22). The second kappa shape index (κ2) is 10.4. The molecule has 0 spiro atoms. The van der Waals surface area contributed by atoms with Crippen molar-refractivity contribution in [3.05, 3.63) is 35.6 Å². The average molecular weight is 352 g/mol. The highest BCUT2D eigenvalue weighted by atomic mass is 19.1. The van der Waals surface area contributed by atoms with Gasteiger partial charge in [-0.05, 0) is 24.1 Å². The van der Waals surface area contributed by atoms with Crippen molar-refractivity contribution in [2.75, 3.05) is 26.7 Å². The fourth-order valence-corrected chi connectivity index (χ4v) is 2.35. The second-order valence-corrected chi connectivity index (χ2v) is 5.90. The number of methoxy groups -OCH3 is 1. The third kappa shape index (κ3) is 7.78. The highest BCUT2D eigenvalue weighted by Gasteiger charge is 2.21. The first-order valence-corrected chi connectivity index (χ1v) is 8.18. The van der Waals surface area contributed by atoms with Crippen molar-refractivity contribution in [3.8, 4) is 0 Å². The molecular formula is C18H25FN2O4. The van der Waals surface area contributed by atoms with Gasteiger partial charge >= 0.3 is 5.97 Å². The summed E-state index contributed by atoms with van der Waals surface area (Å²) in [5.74, 6) is -1.50. The second-order valence-electron chi connectivity index (χ2n) is 5.90. The number of nitrogens with one attached hydrogen (secondary N) is 1. The molecule has 25 heavy (non-hydrogen) atoms. The topological polar surface area (TPSA) is 75.7 Å². The summed E-state index contributed by atoms with van der Waals surface area (Å²) in [6.45, 7) is 4.20. The van der Waals surface area contributed by atoms with Gasteiger partial charge in [-0.2, -0.15) is 0 Å². The Labute approximate surface area is 147 Å². The van der Waals surface area contributed by atoms with Crippen LogP contribution in [0.4, 0.5) is 4.39 Å². The minimum atomic E-state index is -0.456. The van der Waals surface area contributed by atoms with Crippen LogP contribution < -0.4 is 5.32 Å². The molecule has 0 radical (unpaired) electrons. The molecule has 7 heteroatoms. The maximum Gasteiger partial charge on any atom is 0.310 e. The number of rotatable bonds is 9. The number of halogens is 1. The molecule has 0 saturated heterocycles. The van der Waals surface area contributed by atoms with Gasteiger partial charge in [0.1, 0.15) is 5.82 Å². The fourth-order valence-electron chi connectivity index (χ4n) is 2.35. The van der Waals surface area contributed by atoms with Gasteiger partial charge in [0.15, 0.2) is 0 Å². The van der Waals surface area contributed by atoms with Crippen LogP contribution in [0.3, 0.4) is 0 Å². The number of nitrogens with zero attached hydrogens (tertiary/aromatic N) is 1. The van der Waals surface area contributed by atoms with Crippen molar-refractivity contribution in [2.45, 2.75) is 26.7 Å². The van der Waals surface area contributed by atoms with E-state index in [1.807, 2.05) is 0 Å². The van der Waals surface area contributed by atoms with Gasteiger partial charge in [0, 0.05) is 26.6 Å². The lowest BCUT2D eigenvalue weighted by Crippen LogP contribution is -2.39. The van der Waals surface area contributed by atoms with Crippen molar-refractivity contribution in [1.82, 2.24) is 10.2 Å². The molecule has 1 unspecified atom stereocenters. The first-order chi connectivity index (χ1) is 11.8. The van der Waals surface area contributed by atoms with Gasteiger partial charge in [-0.1, -0.05) is 19.1 Å². The maximum absolute atomic E-state index is 13.0. The minimum absolute atomic E-state index is 0.119. The smallest absolute Gasteiger partial charge is 0.310 e. The van der Waals surface area contributed by atoms with Gasteiger partial charge in [-0.3, -0.25) is 14.4 Å². The number of carbonyl (C=O) groups excluding carboxylic acids is 3. The monoisotopic (exact) mass is 352 g/mol. The van der Waals surface area contributed by atoms with Crippen LogP contribution in [0.2, 0.25) is 0 Å². The predicted octanol–water partition coefficient (Wildman–Crippen LogP) is 1.53. The average Bonchev–Trinajstić information content (AvgIpc) is 2.58. The van der Waals surface area contributed by atoms with E-state index in [-0.39, 0.29) is 36.6 Å². The summed E-state index contributed by atoms with van der Waals surface area (Å²) in [6.07, 6.45) is 0.691. The van der Waals surface area contributed by atoms with Crippen LogP contribution in [0.25, 0.3) is 0 Å². The Hall–Kier alpha value is -2.44. The van der Waals surface area contributed by atoms with Crippen molar-refractivity contribution >= 4 is 17.8 Å². The lowest BCUT2D eigenvalue weighted by atomic mass is 10.1. The predicted molar refractivity (Wildman–Crippen MR) is 91.2 cm³/mol. The third-order valence-electron chi connectivity index (χ3n) is 3.70. The minimum Gasteiger partial charge on any atom is -0.469 e. The normalized spacial score (nSPS) is 11.5. The zero-order valence-electron chi connectivity index (χ0n) is 14.9. The number of benzene rings is 1. The maximum atomic E-state index is 13.0. The summed E-state index contributed by atoms with van der Waals surface area (Å²) in [7, 11) is 1.31. The lowest BCUT2D eigenvalue weighted by molar-refractivity contribution is -0.146. The van der Waals surface area contributed by atoms with E-state index in [0.29, 0.717) is 25.1 Å². The zero-order chi connectivity index (χ0) is 18.8. The molecule has 0 saturated carbocycles. The highest BCUT2D eigenvalue weighted by Crippen LogP contribution is 2.09. The molecule has 0 aromatic heterocycles. The van der Waals surface area contributed by atoms with Crippen LogP contribution in [-0.2, 0) is 25.5 Å². The summed E-state index contributed by atoms with van der Waals surface area (Å²) in [4.78, 5) is 36.7.